The lowest BCUT2D eigenvalue weighted by Crippen LogP contribution is -2.22. The number of hydrogen-bond donors (Lipinski definition) is 0. The number of aromatic nitrogens is 1. The molecule has 1 aromatic heterocycles. The van der Waals surface area contributed by atoms with Crippen molar-refractivity contribution in [1.29, 1.82) is 0 Å². The molecule has 0 fully saturated rings. The Morgan fingerprint density at radius 1 is 0.641 bits per heavy atom. The Morgan fingerprint density at radius 2 is 1.25 bits per heavy atom. The molecule has 1 nitrogen and oxygen atoms in total. The molecule has 64 heavy (non-hydrogen) atoms. The van der Waals surface area contributed by atoms with E-state index in [1.165, 1.54) is 94.1 Å². The summed E-state index contributed by atoms with van der Waals surface area (Å²) >= 11 is 0. The van der Waals surface area contributed by atoms with Crippen molar-refractivity contribution in [2.45, 2.75) is 79.1 Å². The predicted octanol–water partition coefficient (Wildman–Crippen LogP) is 16.5. The fourth-order valence-corrected chi connectivity index (χ4v) is 9.63. The molecule has 2 heteroatoms. The molecule has 1 radical (unpaired) electrons. The van der Waals surface area contributed by atoms with E-state index in [9.17, 15) is 0 Å². The Morgan fingerprint density at radius 3 is 1.91 bits per heavy atom. The summed E-state index contributed by atoms with van der Waals surface area (Å²) in [5, 5.41) is 2.73. The van der Waals surface area contributed by atoms with Gasteiger partial charge in [0.15, 0.2) is 7.28 Å². The first-order chi connectivity index (χ1) is 31.3. The van der Waals surface area contributed by atoms with Crippen LogP contribution < -0.4 is 5.46 Å². The van der Waals surface area contributed by atoms with Gasteiger partial charge in [-0.15, -0.1) is 5.47 Å². The molecular formula is C62H61BN. The molecule has 0 aliphatic heterocycles. The Balaban J connectivity index is 0.952. The molecule has 0 amide bonds. The quantitative estimate of drug-likeness (QED) is 0.0675. The summed E-state index contributed by atoms with van der Waals surface area (Å²) in [6.45, 7) is 13.6. The first-order valence-electron chi connectivity index (χ1n) is 23.3. The van der Waals surface area contributed by atoms with Gasteiger partial charge in [0.25, 0.3) is 0 Å². The SMILES string of the molecule is CC=C(C=CCC=C(C=C(C)[B]c1c(C)cc(-c2ccc(C(CC)CCC(C)c3cccc4c3c3ccccc3n4-c3ccccc3)cc2)cc1C)c1ccccc1)c1ccccc1. The van der Waals surface area contributed by atoms with Crippen LogP contribution in [0, 0.1) is 13.8 Å². The molecule has 0 saturated heterocycles. The number of nitrogens with zero attached hydrogens (tertiary/aromatic N) is 1. The van der Waals surface area contributed by atoms with Gasteiger partial charge in [-0.1, -0.05) is 213 Å². The van der Waals surface area contributed by atoms with Crippen LogP contribution in [0.3, 0.4) is 0 Å². The minimum absolute atomic E-state index is 0.437. The average Bonchev–Trinajstić information content (AvgIpc) is 3.68. The van der Waals surface area contributed by atoms with E-state index in [0.717, 1.165) is 25.7 Å². The summed E-state index contributed by atoms with van der Waals surface area (Å²) in [6, 6.07) is 62.1. The first-order valence-corrected chi connectivity index (χ1v) is 23.3. The number of benzene rings is 7. The third kappa shape index (κ3) is 9.93. The van der Waals surface area contributed by atoms with E-state index in [2.05, 4.69) is 254 Å². The Hall–Kier alpha value is -6.64. The van der Waals surface area contributed by atoms with Gasteiger partial charge in [0.2, 0.25) is 0 Å². The molecule has 0 aliphatic rings. The summed E-state index contributed by atoms with van der Waals surface area (Å²) in [7, 11) is 2.35. The van der Waals surface area contributed by atoms with Crippen molar-refractivity contribution < 1.29 is 0 Å². The van der Waals surface area contributed by atoms with Crippen LogP contribution in [0.2, 0.25) is 0 Å². The molecule has 7 aromatic carbocycles. The molecule has 8 rings (SSSR count). The van der Waals surface area contributed by atoms with Crippen LogP contribution in [0.4, 0.5) is 0 Å². The van der Waals surface area contributed by atoms with Crippen LogP contribution in [0.25, 0.3) is 49.8 Å². The summed E-state index contributed by atoms with van der Waals surface area (Å²) in [6.07, 6.45) is 15.6. The lowest BCUT2D eigenvalue weighted by molar-refractivity contribution is 0.537. The molecule has 0 aliphatic carbocycles. The van der Waals surface area contributed by atoms with Crippen LogP contribution >= 0.6 is 0 Å². The van der Waals surface area contributed by atoms with Gasteiger partial charge in [-0.05, 0) is 127 Å². The standard InChI is InChI=1S/C62H61BN/c1-7-48(50-24-12-9-13-25-50)23-18-19-28-54(51-26-14-10-15-27-51)43-47(6)63-62-45(4)41-55(42-46(62)5)53-39-37-52(38-40-53)49(8-2)36-35-44(3)57-32-22-34-60-61(57)58-31-20-21-33-59(58)64(60)56-29-16-11-17-30-56/h7,9-18,20-34,37-44,49H,8,19,35-36H2,1-6H3. The smallest absolute Gasteiger partial charge is 0.186 e. The van der Waals surface area contributed by atoms with Gasteiger partial charge in [0, 0.05) is 16.5 Å². The van der Waals surface area contributed by atoms with E-state index in [4.69, 9.17) is 0 Å². The maximum atomic E-state index is 2.43. The number of para-hydroxylation sites is 2. The van der Waals surface area contributed by atoms with Crippen molar-refractivity contribution in [1.82, 2.24) is 4.57 Å². The summed E-state index contributed by atoms with van der Waals surface area (Å²) < 4.78 is 2.43. The van der Waals surface area contributed by atoms with E-state index in [1.54, 1.807) is 0 Å². The van der Waals surface area contributed by atoms with E-state index >= 15 is 0 Å². The van der Waals surface area contributed by atoms with Crippen LogP contribution in [0.1, 0.15) is 98.6 Å². The molecule has 0 spiro atoms. The largest absolute Gasteiger partial charge is 0.309 e. The van der Waals surface area contributed by atoms with Gasteiger partial charge in [0.05, 0.1) is 11.0 Å². The number of hydrogen-bond acceptors (Lipinski definition) is 0. The van der Waals surface area contributed by atoms with E-state index in [0.29, 0.717) is 11.8 Å². The first kappa shape index (κ1) is 44.0. The zero-order chi connectivity index (χ0) is 44.4. The predicted molar refractivity (Wildman–Crippen MR) is 280 cm³/mol. The zero-order valence-electron chi connectivity index (χ0n) is 38.6. The molecule has 0 bridgehead atoms. The second-order valence-electron chi connectivity index (χ2n) is 17.5. The van der Waals surface area contributed by atoms with Gasteiger partial charge in [-0.2, -0.15) is 0 Å². The number of rotatable bonds is 16. The van der Waals surface area contributed by atoms with Crippen molar-refractivity contribution in [3.63, 3.8) is 0 Å². The van der Waals surface area contributed by atoms with Crippen molar-refractivity contribution in [3.05, 3.63) is 239 Å². The van der Waals surface area contributed by atoms with Gasteiger partial charge < -0.3 is 4.57 Å². The lowest BCUT2D eigenvalue weighted by atomic mass is 9.60. The molecule has 1 heterocycles. The molecule has 0 saturated carbocycles. The molecule has 317 valence electrons. The highest BCUT2D eigenvalue weighted by Crippen LogP contribution is 2.39. The third-order valence-electron chi connectivity index (χ3n) is 13.1. The number of aryl methyl sites for hydroxylation is 2. The zero-order valence-corrected chi connectivity index (χ0v) is 38.6. The number of fused-ring (bicyclic) bond motifs is 3. The average molecular weight is 831 g/mol. The van der Waals surface area contributed by atoms with Gasteiger partial charge in [-0.25, -0.2) is 0 Å². The van der Waals surface area contributed by atoms with Crippen molar-refractivity contribution >= 4 is 45.7 Å². The van der Waals surface area contributed by atoms with Crippen LogP contribution in [0.5, 0.6) is 0 Å². The van der Waals surface area contributed by atoms with Crippen LogP contribution in [0.15, 0.2) is 206 Å². The van der Waals surface area contributed by atoms with Crippen molar-refractivity contribution in [2.75, 3.05) is 0 Å². The summed E-state index contributed by atoms with van der Waals surface area (Å²) in [5.41, 5.74) is 19.2. The Kier molecular flexibility index (Phi) is 14.2. The highest BCUT2D eigenvalue weighted by molar-refractivity contribution is 6.62. The van der Waals surface area contributed by atoms with Gasteiger partial charge in [-0.3, -0.25) is 0 Å². The highest BCUT2D eigenvalue weighted by atomic mass is 15.0. The maximum absolute atomic E-state index is 2.43. The summed E-state index contributed by atoms with van der Waals surface area (Å²) in [4.78, 5) is 0. The molecule has 2 atom stereocenters. The van der Waals surface area contributed by atoms with E-state index in [1.807, 2.05) is 0 Å². The van der Waals surface area contributed by atoms with Crippen LogP contribution in [-0.2, 0) is 0 Å². The Labute approximate surface area is 383 Å². The monoisotopic (exact) mass is 830 g/mol. The normalized spacial score (nSPS) is 13.5. The van der Waals surface area contributed by atoms with Crippen LogP contribution in [-0.4, -0.2) is 11.8 Å². The lowest BCUT2D eigenvalue weighted by Gasteiger charge is -2.20. The van der Waals surface area contributed by atoms with E-state index in [-0.39, 0.29) is 0 Å². The number of allylic oxidation sites excluding steroid dienone is 8. The molecule has 2 unspecified atom stereocenters. The maximum Gasteiger partial charge on any atom is 0.186 e. The molecular weight excluding hydrogens is 770 g/mol. The fourth-order valence-electron chi connectivity index (χ4n) is 9.63. The topological polar surface area (TPSA) is 4.93 Å². The van der Waals surface area contributed by atoms with Gasteiger partial charge in [0.1, 0.15) is 0 Å². The Bertz CT molecular complexity index is 2920. The van der Waals surface area contributed by atoms with Crippen molar-refractivity contribution in [2.24, 2.45) is 0 Å². The van der Waals surface area contributed by atoms with Gasteiger partial charge >= 0.3 is 0 Å². The highest BCUT2D eigenvalue weighted by Gasteiger charge is 2.20. The minimum Gasteiger partial charge on any atom is -0.309 e. The van der Waals surface area contributed by atoms with Crippen molar-refractivity contribution in [3.8, 4) is 16.8 Å². The minimum atomic E-state index is 0.437. The third-order valence-corrected chi connectivity index (χ3v) is 13.1. The second kappa shape index (κ2) is 20.7. The summed E-state index contributed by atoms with van der Waals surface area (Å²) in [5.74, 6) is 0.953. The van der Waals surface area contributed by atoms with E-state index < -0.39 is 0 Å². The molecule has 0 N–H and O–H groups in total. The second-order valence-corrected chi connectivity index (χ2v) is 17.5. The fraction of sp³-hybridized carbons (Fsp3) is 0.194. The molecule has 8 aromatic rings.